The summed E-state index contributed by atoms with van der Waals surface area (Å²) in [7, 11) is -10.0. The van der Waals surface area contributed by atoms with Crippen molar-refractivity contribution in [3.05, 3.63) is 207 Å². The molecule has 3 N–H and O–H groups in total. The molecule has 17 nitrogen and oxygen atoms in total. The van der Waals surface area contributed by atoms with Crippen molar-refractivity contribution >= 4 is 39.5 Å². The quantitative estimate of drug-likeness (QED) is 0.0169. The van der Waals surface area contributed by atoms with Crippen LogP contribution in [0.1, 0.15) is 272 Å². The van der Waals surface area contributed by atoms with Crippen LogP contribution in [0, 0.1) is 0 Å². The Hall–Kier alpha value is -6.36. The molecule has 0 saturated carbocycles. The SMILES string of the molecule is CC/C=C\C/C=C\C/C=C\C/C=C\C/C=C\C/C=C\CCC(=O)OCC(COP(=O)(O)OCC(O)COP(=O)(O)OCC(COC(=O)CCCC/C=C\C/C=C\C/C=C\C/C=C\CC)OC(=O)CCCC/C=C\C/C=C\C/C=C\C/C=C\CC)OC(=O)CCCCCCCC/C=C\C/C=C\C/C=C\CCCCC. The van der Waals surface area contributed by atoms with E-state index in [0.717, 1.165) is 161 Å². The van der Waals surface area contributed by atoms with Crippen LogP contribution in [0.2, 0.25) is 0 Å². The zero-order chi connectivity index (χ0) is 78.9. The Morgan fingerprint density at radius 2 is 0.500 bits per heavy atom. The van der Waals surface area contributed by atoms with E-state index in [1.54, 1.807) is 0 Å². The molecule has 5 unspecified atom stereocenters. The summed E-state index contributed by atoms with van der Waals surface area (Å²) in [6.45, 7) is 4.27. The van der Waals surface area contributed by atoms with Gasteiger partial charge in [0.1, 0.15) is 19.3 Å². The number of ether oxygens (including phenoxy) is 4. The lowest BCUT2D eigenvalue weighted by Crippen LogP contribution is -2.30. The van der Waals surface area contributed by atoms with Crippen molar-refractivity contribution in [3.63, 3.8) is 0 Å². The summed E-state index contributed by atoms with van der Waals surface area (Å²) < 4.78 is 68.5. The summed E-state index contributed by atoms with van der Waals surface area (Å²) in [4.78, 5) is 73.0. The van der Waals surface area contributed by atoms with Gasteiger partial charge in [-0.25, -0.2) is 9.13 Å². The highest BCUT2D eigenvalue weighted by Crippen LogP contribution is 2.45. The van der Waals surface area contributed by atoms with Gasteiger partial charge in [0.2, 0.25) is 0 Å². The number of carbonyl (C=O) groups is 4. The minimum atomic E-state index is -5.02. The Kier molecular flexibility index (Phi) is 74.1. The van der Waals surface area contributed by atoms with Gasteiger partial charge in [0, 0.05) is 25.7 Å². The van der Waals surface area contributed by atoms with Crippen molar-refractivity contribution in [1.29, 1.82) is 0 Å². The monoisotopic (exact) mass is 1540 g/mol. The smallest absolute Gasteiger partial charge is 0.462 e. The largest absolute Gasteiger partial charge is 0.472 e. The number of carbonyl (C=O) groups excluding carboxylic acids is 4. The number of phosphoric acid groups is 2. The summed E-state index contributed by atoms with van der Waals surface area (Å²) in [5.41, 5.74) is 0. The topological polar surface area (TPSA) is 237 Å². The summed E-state index contributed by atoms with van der Waals surface area (Å²) in [5.74, 6) is -2.41. The standard InChI is InChI=1S/C89H140O17P2/c1-5-9-13-17-21-25-29-33-37-39-41-43-47-50-54-58-62-66-70-74-87(92)100-80-85(106-89(94)76-72-68-64-60-56-52-48-44-42-40-38-34-30-26-22-18-14-10-6-2)82-104-108(97,98)102-78-83(90)77-101-107(95,96)103-81-84(105-88(93)75-71-67-63-59-55-51-46-36-32-28-24-20-16-12-8-4)79-99-86(91)73-69-65-61-57-53-49-45-35-31-27-23-19-15-11-7-3/h9,11-13,15-16,21-28,33-38,41-46,50,53-55,57,59,62,66,83-85,90H,5-8,10,14,17-20,29-32,39-40,47-49,51-52,56,58,60-61,63-65,67-82H2,1-4H3,(H,95,96)(H,97,98)/b13-9-,15-11-,16-12-,25-21-,26-22-,27-23-,28-24-,37-33-,38-34-,43-41-,44-42-,45-35-,46-36-,54-50-,57-53-,59-55-,66-62-. The first-order chi connectivity index (χ1) is 52.7. The third kappa shape index (κ3) is 77.8. The molecular formula is C89H140O17P2. The van der Waals surface area contributed by atoms with Crippen LogP contribution in [0.5, 0.6) is 0 Å². The van der Waals surface area contributed by atoms with Gasteiger partial charge in [0.05, 0.1) is 26.4 Å². The zero-order valence-electron chi connectivity index (χ0n) is 66.4. The first-order valence-electron chi connectivity index (χ1n) is 40.3. The number of allylic oxidation sites excluding steroid dienone is 34. The zero-order valence-corrected chi connectivity index (χ0v) is 68.2. The Morgan fingerprint density at radius 1 is 0.269 bits per heavy atom. The molecule has 0 radical (unpaired) electrons. The molecule has 0 aromatic rings. The van der Waals surface area contributed by atoms with Gasteiger partial charge in [-0.2, -0.15) is 0 Å². The van der Waals surface area contributed by atoms with Crippen molar-refractivity contribution in [2.24, 2.45) is 0 Å². The molecule has 0 spiro atoms. The van der Waals surface area contributed by atoms with E-state index in [-0.39, 0.29) is 25.7 Å². The van der Waals surface area contributed by atoms with Gasteiger partial charge in [-0.05, 0) is 180 Å². The third-order valence-corrected chi connectivity index (χ3v) is 17.6. The van der Waals surface area contributed by atoms with Crippen LogP contribution >= 0.6 is 15.6 Å². The predicted molar refractivity (Wildman–Crippen MR) is 445 cm³/mol. The molecule has 0 aromatic heterocycles. The van der Waals surface area contributed by atoms with E-state index < -0.39 is 97.5 Å². The fourth-order valence-corrected chi connectivity index (χ4v) is 11.3. The molecular weight excluding hydrogens is 1400 g/mol. The van der Waals surface area contributed by atoms with Crippen LogP contribution in [-0.2, 0) is 65.4 Å². The van der Waals surface area contributed by atoms with Gasteiger partial charge in [-0.1, -0.05) is 273 Å². The molecule has 0 aliphatic rings. The number of esters is 4. The minimum absolute atomic E-state index is 0.0229. The normalized spacial score (nSPS) is 14.9. The Morgan fingerprint density at radius 3 is 0.815 bits per heavy atom. The van der Waals surface area contributed by atoms with Crippen LogP contribution in [0.3, 0.4) is 0 Å². The number of unbranched alkanes of at least 4 members (excludes halogenated alkanes) is 13. The fraction of sp³-hybridized carbons (Fsp3) is 0.573. The lowest BCUT2D eigenvalue weighted by atomic mass is 10.1. The van der Waals surface area contributed by atoms with Gasteiger partial charge in [-0.3, -0.25) is 37.3 Å². The molecule has 19 heteroatoms. The van der Waals surface area contributed by atoms with Crippen LogP contribution in [0.15, 0.2) is 207 Å². The average Bonchev–Trinajstić information content (AvgIpc) is 0.896. The molecule has 0 amide bonds. The molecule has 608 valence electrons. The number of phosphoric ester groups is 2. The van der Waals surface area contributed by atoms with E-state index in [1.165, 1.54) is 19.3 Å². The van der Waals surface area contributed by atoms with Crippen LogP contribution < -0.4 is 0 Å². The van der Waals surface area contributed by atoms with Crippen LogP contribution in [-0.4, -0.2) is 96.7 Å². The Labute approximate surface area is 652 Å². The highest BCUT2D eigenvalue weighted by Gasteiger charge is 2.30. The van der Waals surface area contributed by atoms with E-state index in [4.69, 9.17) is 37.0 Å². The Balaban J connectivity index is 5.55. The van der Waals surface area contributed by atoms with E-state index in [9.17, 15) is 43.2 Å². The van der Waals surface area contributed by atoms with E-state index >= 15 is 0 Å². The van der Waals surface area contributed by atoms with Crippen molar-refractivity contribution in [2.45, 2.75) is 290 Å². The van der Waals surface area contributed by atoms with Gasteiger partial charge < -0.3 is 33.8 Å². The third-order valence-electron chi connectivity index (χ3n) is 15.7. The molecule has 0 aliphatic carbocycles. The number of rotatable bonds is 73. The predicted octanol–water partition coefficient (Wildman–Crippen LogP) is 23.9. The van der Waals surface area contributed by atoms with E-state index in [0.29, 0.717) is 38.5 Å². The first-order valence-corrected chi connectivity index (χ1v) is 43.3. The maximum Gasteiger partial charge on any atom is 0.472 e. The van der Waals surface area contributed by atoms with Gasteiger partial charge >= 0.3 is 39.5 Å². The lowest BCUT2D eigenvalue weighted by Gasteiger charge is -2.21. The molecule has 0 fully saturated rings. The molecule has 0 bridgehead atoms. The van der Waals surface area contributed by atoms with E-state index in [1.807, 2.05) is 18.2 Å². The summed E-state index contributed by atoms with van der Waals surface area (Å²) in [5, 5.41) is 10.7. The fourth-order valence-electron chi connectivity index (χ4n) is 9.70. The number of hydrogen-bond acceptors (Lipinski definition) is 15. The van der Waals surface area contributed by atoms with E-state index in [2.05, 4.69) is 216 Å². The summed E-state index contributed by atoms with van der Waals surface area (Å²) in [6.07, 6.45) is 98.3. The summed E-state index contributed by atoms with van der Waals surface area (Å²) in [6, 6.07) is 0. The maximum atomic E-state index is 13.1. The van der Waals surface area contributed by atoms with Crippen molar-refractivity contribution < 1.29 is 80.2 Å². The number of hydrogen-bond donors (Lipinski definition) is 3. The van der Waals surface area contributed by atoms with Crippen molar-refractivity contribution in [2.75, 3.05) is 39.6 Å². The average molecular weight is 1540 g/mol. The minimum Gasteiger partial charge on any atom is -0.462 e. The second-order valence-corrected chi connectivity index (χ2v) is 28.8. The number of aliphatic hydroxyl groups excluding tert-OH is 1. The molecule has 108 heavy (non-hydrogen) atoms. The molecule has 0 aliphatic heterocycles. The molecule has 0 rings (SSSR count). The van der Waals surface area contributed by atoms with Crippen molar-refractivity contribution in [3.8, 4) is 0 Å². The second-order valence-electron chi connectivity index (χ2n) is 25.9. The van der Waals surface area contributed by atoms with Gasteiger partial charge in [0.15, 0.2) is 12.2 Å². The Bertz CT molecular complexity index is 2860. The molecule has 5 atom stereocenters. The number of aliphatic hydroxyl groups is 1. The molecule has 0 heterocycles. The molecule has 0 saturated heterocycles. The van der Waals surface area contributed by atoms with Crippen LogP contribution in [0.25, 0.3) is 0 Å². The maximum absolute atomic E-state index is 13.1. The van der Waals surface area contributed by atoms with Gasteiger partial charge in [-0.15, -0.1) is 0 Å². The first kappa shape index (κ1) is 102. The molecule has 0 aromatic carbocycles. The lowest BCUT2D eigenvalue weighted by molar-refractivity contribution is -0.161. The van der Waals surface area contributed by atoms with Crippen molar-refractivity contribution in [1.82, 2.24) is 0 Å². The van der Waals surface area contributed by atoms with Crippen LogP contribution in [0.4, 0.5) is 0 Å². The second kappa shape index (κ2) is 78.8. The highest BCUT2D eigenvalue weighted by molar-refractivity contribution is 7.47. The summed E-state index contributed by atoms with van der Waals surface area (Å²) >= 11 is 0. The highest BCUT2D eigenvalue weighted by atomic mass is 31.2. The van der Waals surface area contributed by atoms with Gasteiger partial charge in [0.25, 0.3) is 0 Å².